The van der Waals surface area contributed by atoms with E-state index in [9.17, 15) is 28.1 Å². The Labute approximate surface area is 166 Å². The van der Waals surface area contributed by atoms with Gasteiger partial charge in [0.25, 0.3) is 17.2 Å². The Balaban J connectivity index is 1.75. The molecular formula is C17H19N5O6S. The molecule has 0 bridgehead atoms. The fourth-order valence-corrected chi connectivity index (χ4v) is 4.48. The molecule has 1 aliphatic rings. The number of nitrogens with one attached hydrogen (secondary N) is 1. The molecule has 11 nitrogen and oxygen atoms in total. The van der Waals surface area contributed by atoms with Crippen molar-refractivity contribution < 1.29 is 18.1 Å². The van der Waals surface area contributed by atoms with E-state index < -0.39 is 26.4 Å². The molecule has 1 amide bonds. The van der Waals surface area contributed by atoms with Crippen LogP contribution in [-0.2, 0) is 10.0 Å². The van der Waals surface area contributed by atoms with Crippen molar-refractivity contribution in [2.45, 2.75) is 18.7 Å². The van der Waals surface area contributed by atoms with Crippen LogP contribution in [0.15, 0.2) is 34.0 Å². The number of carbonyl (C=O) groups is 1. The first kappa shape index (κ1) is 20.6. The van der Waals surface area contributed by atoms with Crippen LogP contribution in [0, 0.1) is 24.0 Å². The number of nitro groups is 1. The second-order valence-electron chi connectivity index (χ2n) is 6.59. The highest BCUT2D eigenvalue weighted by Gasteiger charge is 2.32. The van der Waals surface area contributed by atoms with Gasteiger partial charge in [0.15, 0.2) is 0 Å². The van der Waals surface area contributed by atoms with Crippen LogP contribution in [0.5, 0.6) is 0 Å². The summed E-state index contributed by atoms with van der Waals surface area (Å²) in [6.07, 6.45) is 0. The zero-order chi connectivity index (χ0) is 21.3. The minimum Gasteiger partial charge on any atom is -0.336 e. The van der Waals surface area contributed by atoms with Gasteiger partial charge in [0.05, 0.1) is 15.5 Å². The summed E-state index contributed by atoms with van der Waals surface area (Å²) in [5.41, 5.74) is 0.239. The van der Waals surface area contributed by atoms with Crippen LogP contribution in [0.1, 0.15) is 21.6 Å². The van der Waals surface area contributed by atoms with Gasteiger partial charge >= 0.3 is 0 Å². The number of piperazine rings is 1. The molecule has 0 saturated carbocycles. The van der Waals surface area contributed by atoms with Crippen molar-refractivity contribution >= 4 is 21.6 Å². The number of carbonyl (C=O) groups excluding carboxylic acids is 1. The van der Waals surface area contributed by atoms with E-state index in [-0.39, 0.29) is 42.3 Å². The summed E-state index contributed by atoms with van der Waals surface area (Å²) in [6.45, 7) is 3.64. The molecular weight excluding hydrogens is 402 g/mol. The van der Waals surface area contributed by atoms with E-state index in [1.807, 2.05) is 0 Å². The summed E-state index contributed by atoms with van der Waals surface area (Å²) in [5, 5.41) is 16.8. The van der Waals surface area contributed by atoms with Gasteiger partial charge in [0.2, 0.25) is 10.0 Å². The number of aromatic amines is 1. The Morgan fingerprint density at radius 3 is 2.28 bits per heavy atom. The molecule has 29 heavy (non-hydrogen) atoms. The van der Waals surface area contributed by atoms with Gasteiger partial charge in [-0.1, -0.05) is 0 Å². The predicted molar refractivity (Wildman–Crippen MR) is 102 cm³/mol. The first-order chi connectivity index (χ1) is 13.6. The Bertz CT molecular complexity index is 1120. The Hall–Kier alpha value is -3.12. The second-order valence-corrected chi connectivity index (χ2v) is 8.52. The summed E-state index contributed by atoms with van der Waals surface area (Å²) in [5.74, 6) is -0.471. The van der Waals surface area contributed by atoms with Crippen LogP contribution in [0.2, 0.25) is 0 Å². The molecule has 0 spiro atoms. The molecule has 1 aromatic heterocycles. The molecule has 1 aromatic carbocycles. The number of non-ortho nitro benzene ring substituents is 1. The third kappa shape index (κ3) is 3.89. The number of sulfonamides is 1. The van der Waals surface area contributed by atoms with E-state index >= 15 is 0 Å². The number of nitrogens with zero attached hydrogens (tertiary/aromatic N) is 4. The number of aryl methyl sites for hydroxylation is 1. The normalized spacial score (nSPS) is 15.3. The number of hydrogen-bond acceptors (Lipinski definition) is 7. The zero-order valence-electron chi connectivity index (χ0n) is 15.8. The van der Waals surface area contributed by atoms with Crippen LogP contribution >= 0.6 is 0 Å². The molecule has 1 N–H and O–H groups in total. The van der Waals surface area contributed by atoms with E-state index in [0.29, 0.717) is 11.3 Å². The quantitative estimate of drug-likeness (QED) is 0.556. The Morgan fingerprint density at radius 1 is 1.14 bits per heavy atom. The third-order valence-corrected chi connectivity index (χ3v) is 6.81. The van der Waals surface area contributed by atoms with E-state index in [4.69, 9.17) is 0 Å². The maximum atomic E-state index is 12.8. The third-order valence-electron chi connectivity index (χ3n) is 4.89. The molecule has 0 aliphatic carbocycles. The van der Waals surface area contributed by atoms with Crippen LogP contribution in [0.3, 0.4) is 0 Å². The highest BCUT2D eigenvalue weighted by Crippen LogP contribution is 2.21. The van der Waals surface area contributed by atoms with E-state index in [1.54, 1.807) is 13.8 Å². The van der Waals surface area contributed by atoms with Gasteiger partial charge in [-0.2, -0.15) is 9.40 Å². The van der Waals surface area contributed by atoms with Crippen molar-refractivity contribution in [1.29, 1.82) is 0 Å². The van der Waals surface area contributed by atoms with Crippen LogP contribution in [0.4, 0.5) is 5.69 Å². The zero-order valence-corrected chi connectivity index (χ0v) is 16.6. The lowest BCUT2D eigenvalue weighted by atomic mass is 10.1. The van der Waals surface area contributed by atoms with E-state index in [2.05, 4.69) is 10.2 Å². The fraction of sp³-hybridized carbons (Fsp3) is 0.353. The lowest BCUT2D eigenvalue weighted by Crippen LogP contribution is -2.51. The van der Waals surface area contributed by atoms with Gasteiger partial charge < -0.3 is 4.90 Å². The van der Waals surface area contributed by atoms with Crippen molar-refractivity contribution in [3.63, 3.8) is 0 Å². The van der Waals surface area contributed by atoms with E-state index in [1.165, 1.54) is 21.3 Å². The molecule has 0 radical (unpaired) electrons. The number of hydrogen-bond donors (Lipinski definition) is 1. The molecule has 2 heterocycles. The number of H-pyrrole nitrogens is 1. The molecule has 0 unspecified atom stereocenters. The number of amides is 1. The van der Waals surface area contributed by atoms with Gasteiger partial charge in [0.1, 0.15) is 5.56 Å². The topological polar surface area (TPSA) is 147 Å². The fourth-order valence-electron chi connectivity index (χ4n) is 3.06. The van der Waals surface area contributed by atoms with Gasteiger partial charge in [-0.25, -0.2) is 13.5 Å². The Morgan fingerprint density at radius 2 is 1.72 bits per heavy atom. The highest BCUT2D eigenvalue weighted by molar-refractivity contribution is 7.89. The smallest absolute Gasteiger partial charge is 0.277 e. The number of aromatic nitrogens is 2. The lowest BCUT2D eigenvalue weighted by molar-refractivity contribution is -0.384. The average Bonchev–Trinajstić information content (AvgIpc) is 2.71. The van der Waals surface area contributed by atoms with Crippen molar-refractivity contribution in [3.05, 3.63) is 61.6 Å². The minimum absolute atomic E-state index is 0.00387. The molecule has 0 atom stereocenters. The number of nitro benzene ring substituents is 1. The summed E-state index contributed by atoms with van der Waals surface area (Å²) < 4.78 is 26.7. The van der Waals surface area contributed by atoms with Gasteiger partial charge in [-0.05, 0) is 31.5 Å². The number of rotatable bonds is 4. The number of benzene rings is 1. The molecule has 1 saturated heterocycles. The van der Waals surface area contributed by atoms with Crippen molar-refractivity contribution in [1.82, 2.24) is 19.4 Å². The largest absolute Gasteiger partial charge is 0.336 e. The highest BCUT2D eigenvalue weighted by atomic mass is 32.2. The summed E-state index contributed by atoms with van der Waals surface area (Å²) >= 11 is 0. The summed E-state index contributed by atoms with van der Waals surface area (Å²) in [4.78, 5) is 36.3. The SMILES string of the molecule is Cc1n[nH]c(=O)c(C(=O)N2CCN(S(=O)(=O)c3ccc([N+](=O)[O-])cc3)CC2)c1C. The molecule has 154 valence electrons. The maximum absolute atomic E-state index is 12.8. The molecule has 1 fully saturated rings. The van der Waals surface area contributed by atoms with Crippen molar-refractivity contribution in [2.75, 3.05) is 26.2 Å². The minimum atomic E-state index is -3.85. The maximum Gasteiger partial charge on any atom is 0.277 e. The van der Waals surface area contributed by atoms with E-state index in [0.717, 1.165) is 12.1 Å². The van der Waals surface area contributed by atoms with Gasteiger partial charge in [-0.15, -0.1) is 0 Å². The predicted octanol–water partition coefficient (Wildman–Crippen LogP) is 0.442. The van der Waals surface area contributed by atoms with Gasteiger partial charge in [0, 0.05) is 38.3 Å². The molecule has 2 aromatic rings. The van der Waals surface area contributed by atoms with Crippen LogP contribution in [0.25, 0.3) is 0 Å². The van der Waals surface area contributed by atoms with Crippen molar-refractivity contribution in [3.8, 4) is 0 Å². The molecule has 3 rings (SSSR count). The van der Waals surface area contributed by atoms with Crippen LogP contribution in [-0.4, -0.2) is 64.8 Å². The van der Waals surface area contributed by atoms with Gasteiger partial charge in [-0.3, -0.25) is 19.7 Å². The first-order valence-electron chi connectivity index (χ1n) is 8.72. The van der Waals surface area contributed by atoms with Crippen molar-refractivity contribution in [2.24, 2.45) is 0 Å². The van der Waals surface area contributed by atoms with Crippen LogP contribution < -0.4 is 5.56 Å². The average molecular weight is 421 g/mol. The monoisotopic (exact) mass is 421 g/mol. The molecule has 1 aliphatic heterocycles. The Kier molecular flexibility index (Phi) is 5.48. The molecule has 12 heteroatoms. The standard InChI is InChI=1S/C17H19N5O6S/c1-11-12(2)18-19-16(23)15(11)17(24)20-7-9-21(10-8-20)29(27,28)14-5-3-13(4-6-14)22(25)26/h3-6H,7-10H2,1-2H3,(H,19,23). The summed E-state index contributed by atoms with van der Waals surface area (Å²) in [7, 11) is -3.85. The summed E-state index contributed by atoms with van der Waals surface area (Å²) in [6, 6.07) is 4.64. The lowest BCUT2D eigenvalue weighted by Gasteiger charge is -2.34. The second kappa shape index (κ2) is 7.72. The first-order valence-corrected chi connectivity index (χ1v) is 10.2.